The molecule has 2 N–H and O–H groups in total. The first-order valence-corrected chi connectivity index (χ1v) is 8.55. The number of nitrogens with two attached hydrogens (primary N) is 1. The third-order valence-electron chi connectivity index (χ3n) is 4.79. The second-order valence-corrected chi connectivity index (χ2v) is 6.63. The number of fused-ring (bicyclic) bond motifs is 1. The first-order chi connectivity index (χ1) is 12.1. The van der Waals surface area contributed by atoms with Gasteiger partial charge in [-0.05, 0) is 43.0 Å². The number of carbonyl (C=O) groups excluding carboxylic acids is 2. The number of anilines is 2. The molecule has 0 atom stereocenters. The molecule has 1 aliphatic carbocycles. The van der Waals surface area contributed by atoms with Crippen LogP contribution < -0.4 is 15.5 Å². The van der Waals surface area contributed by atoms with E-state index in [4.69, 9.17) is 5.73 Å². The van der Waals surface area contributed by atoms with Gasteiger partial charge in [0.25, 0.3) is 5.91 Å². The fourth-order valence-electron chi connectivity index (χ4n) is 3.24. The Hall–Kier alpha value is -2.89. The molecule has 2 amide bonds. The average molecular weight is 336 g/mol. The molecule has 0 unspecified atom stereocenters. The highest BCUT2D eigenvalue weighted by Crippen LogP contribution is 2.37. The van der Waals surface area contributed by atoms with Crippen LogP contribution in [0.4, 0.5) is 11.4 Å². The highest BCUT2D eigenvalue weighted by molar-refractivity contribution is 6.07. The summed E-state index contributed by atoms with van der Waals surface area (Å²) in [5.41, 5.74) is 7.86. The molecule has 0 saturated heterocycles. The number of hydrogen-bond donors (Lipinski definition) is 1. The lowest BCUT2D eigenvalue weighted by atomic mass is 10.1. The van der Waals surface area contributed by atoms with E-state index in [1.54, 1.807) is 11.0 Å². The van der Waals surface area contributed by atoms with Gasteiger partial charge in [0.15, 0.2) is 0 Å². The standard InChI is InChI=1S/C19H20N4O2/c20-18(24)14-7-8-15(21-11-14)19(25)23-10-9-22(12-13-5-6-13)16-3-1-2-4-17(16)23/h1-4,7-8,11,13H,5-6,9-10,12H2,(H2,20,24). The predicted molar refractivity (Wildman–Crippen MR) is 95.8 cm³/mol. The molecule has 1 aromatic heterocycles. The Morgan fingerprint density at radius 3 is 2.48 bits per heavy atom. The topological polar surface area (TPSA) is 79.5 Å². The van der Waals surface area contributed by atoms with E-state index in [9.17, 15) is 9.59 Å². The van der Waals surface area contributed by atoms with Crippen molar-refractivity contribution < 1.29 is 9.59 Å². The maximum Gasteiger partial charge on any atom is 0.276 e. The largest absolute Gasteiger partial charge is 0.368 e. The molecule has 6 heteroatoms. The monoisotopic (exact) mass is 336 g/mol. The molecule has 1 fully saturated rings. The van der Waals surface area contributed by atoms with E-state index in [-0.39, 0.29) is 5.91 Å². The minimum atomic E-state index is -0.550. The molecule has 0 spiro atoms. The summed E-state index contributed by atoms with van der Waals surface area (Å²) in [7, 11) is 0. The van der Waals surface area contributed by atoms with E-state index in [1.807, 2.05) is 18.2 Å². The Kier molecular flexibility index (Phi) is 3.87. The first-order valence-electron chi connectivity index (χ1n) is 8.55. The summed E-state index contributed by atoms with van der Waals surface area (Å²) in [5, 5.41) is 0. The van der Waals surface area contributed by atoms with Crippen LogP contribution in [0.3, 0.4) is 0 Å². The molecule has 6 nitrogen and oxygen atoms in total. The second-order valence-electron chi connectivity index (χ2n) is 6.63. The minimum Gasteiger partial charge on any atom is -0.368 e. The van der Waals surface area contributed by atoms with Gasteiger partial charge in [0, 0.05) is 25.8 Å². The van der Waals surface area contributed by atoms with Gasteiger partial charge in [0.2, 0.25) is 5.91 Å². The molecular weight excluding hydrogens is 316 g/mol. The lowest BCUT2D eigenvalue weighted by Crippen LogP contribution is -2.45. The maximum absolute atomic E-state index is 12.9. The minimum absolute atomic E-state index is 0.158. The quantitative estimate of drug-likeness (QED) is 0.927. The van der Waals surface area contributed by atoms with Gasteiger partial charge < -0.3 is 15.5 Å². The zero-order valence-corrected chi connectivity index (χ0v) is 13.9. The van der Waals surface area contributed by atoms with Crippen molar-refractivity contribution in [3.63, 3.8) is 0 Å². The van der Waals surface area contributed by atoms with Gasteiger partial charge in [-0.2, -0.15) is 0 Å². The molecule has 1 saturated carbocycles. The average Bonchev–Trinajstić information content (AvgIpc) is 3.45. The molecule has 2 heterocycles. The van der Waals surface area contributed by atoms with Gasteiger partial charge in [-0.15, -0.1) is 0 Å². The van der Waals surface area contributed by atoms with Crippen LogP contribution in [-0.2, 0) is 0 Å². The zero-order valence-electron chi connectivity index (χ0n) is 13.9. The van der Waals surface area contributed by atoms with Crippen molar-refractivity contribution in [2.75, 3.05) is 29.4 Å². The number of carbonyl (C=O) groups is 2. The SMILES string of the molecule is NC(=O)c1ccc(C(=O)N2CCN(CC3CC3)c3ccccc32)nc1. The van der Waals surface area contributed by atoms with E-state index < -0.39 is 5.91 Å². The molecule has 25 heavy (non-hydrogen) atoms. The number of para-hydroxylation sites is 2. The third kappa shape index (κ3) is 3.07. The van der Waals surface area contributed by atoms with Crippen molar-refractivity contribution >= 4 is 23.2 Å². The van der Waals surface area contributed by atoms with E-state index >= 15 is 0 Å². The highest BCUT2D eigenvalue weighted by atomic mass is 16.2. The van der Waals surface area contributed by atoms with Crippen LogP contribution in [0.1, 0.15) is 33.7 Å². The molecular formula is C19H20N4O2. The Morgan fingerprint density at radius 1 is 1.08 bits per heavy atom. The van der Waals surface area contributed by atoms with Crippen LogP contribution in [0, 0.1) is 5.92 Å². The molecule has 1 aliphatic heterocycles. The lowest BCUT2D eigenvalue weighted by molar-refractivity contribution is 0.0975. The van der Waals surface area contributed by atoms with E-state index in [0.717, 1.165) is 30.4 Å². The maximum atomic E-state index is 12.9. The zero-order chi connectivity index (χ0) is 17.4. The normalized spacial score (nSPS) is 16.5. The first kappa shape index (κ1) is 15.6. The smallest absolute Gasteiger partial charge is 0.276 e. The van der Waals surface area contributed by atoms with Crippen molar-refractivity contribution in [2.45, 2.75) is 12.8 Å². The lowest BCUT2D eigenvalue weighted by Gasteiger charge is -2.37. The number of pyridine rings is 1. The van der Waals surface area contributed by atoms with Gasteiger partial charge in [0.05, 0.1) is 16.9 Å². The van der Waals surface area contributed by atoms with Crippen LogP contribution in [0.2, 0.25) is 0 Å². The summed E-state index contributed by atoms with van der Waals surface area (Å²) < 4.78 is 0. The Balaban J connectivity index is 1.61. The number of aromatic nitrogens is 1. The Labute approximate surface area is 146 Å². The Bertz CT molecular complexity index is 814. The summed E-state index contributed by atoms with van der Waals surface area (Å²) in [6.07, 6.45) is 3.96. The van der Waals surface area contributed by atoms with Crippen LogP contribution in [0.25, 0.3) is 0 Å². The number of rotatable bonds is 4. The van der Waals surface area contributed by atoms with E-state index in [0.29, 0.717) is 17.8 Å². The molecule has 1 aromatic carbocycles. The highest BCUT2D eigenvalue weighted by Gasteiger charge is 2.31. The summed E-state index contributed by atoms with van der Waals surface area (Å²) in [6.45, 7) is 2.51. The van der Waals surface area contributed by atoms with Gasteiger partial charge in [-0.25, -0.2) is 0 Å². The van der Waals surface area contributed by atoms with Gasteiger partial charge in [-0.3, -0.25) is 14.6 Å². The molecule has 2 aliphatic rings. The number of nitrogens with zero attached hydrogens (tertiary/aromatic N) is 3. The van der Waals surface area contributed by atoms with Crippen molar-refractivity contribution in [3.05, 3.63) is 53.9 Å². The van der Waals surface area contributed by atoms with Crippen molar-refractivity contribution in [2.24, 2.45) is 11.7 Å². The van der Waals surface area contributed by atoms with Gasteiger partial charge in [0.1, 0.15) is 5.69 Å². The summed E-state index contributed by atoms with van der Waals surface area (Å²) in [6, 6.07) is 11.1. The van der Waals surface area contributed by atoms with Crippen molar-refractivity contribution in [1.29, 1.82) is 0 Å². The molecule has 128 valence electrons. The van der Waals surface area contributed by atoms with Crippen LogP contribution >= 0.6 is 0 Å². The van der Waals surface area contributed by atoms with Crippen LogP contribution in [0.15, 0.2) is 42.6 Å². The van der Waals surface area contributed by atoms with Crippen LogP contribution in [0.5, 0.6) is 0 Å². The fraction of sp³-hybridized carbons (Fsp3) is 0.316. The molecule has 2 aromatic rings. The van der Waals surface area contributed by atoms with Gasteiger partial charge >= 0.3 is 0 Å². The summed E-state index contributed by atoms with van der Waals surface area (Å²) in [5.74, 6) is 0.0818. The fourth-order valence-corrected chi connectivity index (χ4v) is 3.24. The molecule has 0 bridgehead atoms. The van der Waals surface area contributed by atoms with E-state index in [1.165, 1.54) is 25.1 Å². The third-order valence-corrected chi connectivity index (χ3v) is 4.79. The van der Waals surface area contributed by atoms with Crippen molar-refractivity contribution in [3.8, 4) is 0 Å². The summed E-state index contributed by atoms with van der Waals surface area (Å²) >= 11 is 0. The van der Waals surface area contributed by atoms with E-state index in [2.05, 4.69) is 16.0 Å². The second kappa shape index (κ2) is 6.20. The van der Waals surface area contributed by atoms with Crippen molar-refractivity contribution in [1.82, 2.24) is 4.98 Å². The molecule has 0 radical (unpaired) electrons. The Morgan fingerprint density at radius 2 is 1.84 bits per heavy atom. The van der Waals surface area contributed by atoms with Gasteiger partial charge in [-0.1, -0.05) is 12.1 Å². The number of benzene rings is 1. The number of amides is 2. The van der Waals surface area contributed by atoms with Crippen LogP contribution in [-0.4, -0.2) is 36.4 Å². The molecule has 4 rings (SSSR count). The number of primary amides is 1. The predicted octanol–water partition coefficient (Wildman–Crippen LogP) is 2.06. The number of hydrogen-bond acceptors (Lipinski definition) is 4. The summed E-state index contributed by atoms with van der Waals surface area (Å²) in [4.78, 5) is 32.3.